The Kier molecular flexibility index (Phi) is 5.56. The zero-order valence-electron chi connectivity index (χ0n) is 16.3. The van der Waals surface area contributed by atoms with Crippen LogP contribution < -0.4 is 4.74 Å². The van der Waals surface area contributed by atoms with E-state index in [1.165, 1.54) is 24.9 Å². The fourth-order valence-electron chi connectivity index (χ4n) is 3.27. The SMILES string of the molecule is COC(=O)Cc1c(C)n(C(=O)c2ccc(C(F)(F)F)cc2)c2cc(F)c(OC)cc12. The predicted octanol–water partition coefficient (Wildman–Crippen LogP) is 4.52. The first kappa shape index (κ1) is 21.4. The molecule has 5 nitrogen and oxygen atoms in total. The minimum Gasteiger partial charge on any atom is -0.494 e. The van der Waals surface area contributed by atoms with Gasteiger partial charge < -0.3 is 9.47 Å². The van der Waals surface area contributed by atoms with Crippen LogP contribution in [0.1, 0.15) is 27.2 Å². The minimum absolute atomic E-state index is 0.0242. The second kappa shape index (κ2) is 7.81. The highest BCUT2D eigenvalue weighted by Crippen LogP contribution is 2.33. The number of rotatable bonds is 4. The highest BCUT2D eigenvalue weighted by atomic mass is 19.4. The Morgan fingerprint density at radius 2 is 1.70 bits per heavy atom. The van der Waals surface area contributed by atoms with E-state index in [1.807, 2.05) is 0 Å². The maximum Gasteiger partial charge on any atom is 0.416 e. The number of carbonyl (C=O) groups excluding carboxylic acids is 2. The van der Waals surface area contributed by atoms with Crippen LogP contribution in [0.15, 0.2) is 36.4 Å². The largest absolute Gasteiger partial charge is 0.494 e. The Morgan fingerprint density at radius 1 is 1.07 bits per heavy atom. The van der Waals surface area contributed by atoms with Crippen LogP contribution in [-0.2, 0) is 22.1 Å². The molecule has 0 aliphatic rings. The molecule has 0 aliphatic heterocycles. The molecule has 3 rings (SSSR count). The summed E-state index contributed by atoms with van der Waals surface area (Å²) in [7, 11) is 2.49. The summed E-state index contributed by atoms with van der Waals surface area (Å²) >= 11 is 0. The Balaban J connectivity index is 2.19. The van der Waals surface area contributed by atoms with E-state index in [9.17, 15) is 27.2 Å². The molecule has 0 saturated heterocycles. The van der Waals surface area contributed by atoms with Gasteiger partial charge in [0.25, 0.3) is 5.91 Å². The molecule has 0 aliphatic carbocycles. The van der Waals surface area contributed by atoms with Crippen molar-refractivity contribution in [3.05, 3.63) is 64.6 Å². The van der Waals surface area contributed by atoms with E-state index in [4.69, 9.17) is 9.47 Å². The van der Waals surface area contributed by atoms with Crippen molar-refractivity contribution in [3.8, 4) is 5.75 Å². The molecule has 0 saturated carbocycles. The number of hydrogen-bond acceptors (Lipinski definition) is 4. The second-order valence-corrected chi connectivity index (χ2v) is 6.54. The molecule has 158 valence electrons. The Bertz CT molecular complexity index is 1130. The summed E-state index contributed by atoms with van der Waals surface area (Å²) in [5.74, 6) is -2.03. The van der Waals surface area contributed by atoms with Crippen LogP contribution in [0.3, 0.4) is 0 Å². The second-order valence-electron chi connectivity index (χ2n) is 6.54. The van der Waals surface area contributed by atoms with E-state index >= 15 is 0 Å². The summed E-state index contributed by atoms with van der Waals surface area (Å²) in [5, 5.41) is 0.399. The van der Waals surface area contributed by atoms with E-state index < -0.39 is 29.4 Å². The van der Waals surface area contributed by atoms with Gasteiger partial charge in [0.1, 0.15) is 0 Å². The third kappa shape index (κ3) is 3.74. The highest BCUT2D eigenvalue weighted by Gasteiger charge is 2.30. The first-order valence-corrected chi connectivity index (χ1v) is 8.74. The van der Waals surface area contributed by atoms with Crippen LogP contribution in [0.4, 0.5) is 17.6 Å². The lowest BCUT2D eigenvalue weighted by Crippen LogP contribution is -2.15. The van der Waals surface area contributed by atoms with Crippen molar-refractivity contribution >= 4 is 22.8 Å². The number of carbonyl (C=O) groups is 2. The first-order valence-electron chi connectivity index (χ1n) is 8.74. The van der Waals surface area contributed by atoms with Crippen LogP contribution in [0.25, 0.3) is 10.9 Å². The molecule has 0 radical (unpaired) electrons. The summed E-state index contributed by atoms with van der Waals surface area (Å²) in [6, 6.07) is 6.16. The zero-order chi connectivity index (χ0) is 22.2. The molecule has 30 heavy (non-hydrogen) atoms. The molecular weight excluding hydrogens is 406 g/mol. The molecule has 1 aromatic heterocycles. The van der Waals surface area contributed by atoms with Crippen LogP contribution in [0.2, 0.25) is 0 Å². The topological polar surface area (TPSA) is 57.5 Å². The van der Waals surface area contributed by atoms with E-state index in [0.717, 1.165) is 30.3 Å². The van der Waals surface area contributed by atoms with Crippen molar-refractivity contribution < 1.29 is 36.6 Å². The zero-order valence-corrected chi connectivity index (χ0v) is 16.3. The first-order chi connectivity index (χ1) is 14.1. The Labute approximate surface area is 168 Å². The molecule has 9 heteroatoms. The lowest BCUT2D eigenvalue weighted by Gasteiger charge is -2.10. The smallest absolute Gasteiger partial charge is 0.416 e. The number of alkyl halides is 3. The van der Waals surface area contributed by atoms with Gasteiger partial charge in [0.15, 0.2) is 11.6 Å². The summed E-state index contributed by atoms with van der Waals surface area (Å²) in [6.07, 6.45) is -4.72. The van der Waals surface area contributed by atoms with Crippen molar-refractivity contribution in [2.24, 2.45) is 0 Å². The maximum atomic E-state index is 14.4. The van der Waals surface area contributed by atoms with Gasteiger partial charge in [-0.25, -0.2) is 4.39 Å². The van der Waals surface area contributed by atoms with Crippen LogP contribution in [0.5, 0.6) is 5.75 Å². The van der Waals surface area contributed by atoms with Crippen molar-refractivity contribution in [1.82, 2.24) is 4.57 Å². The van der Waals surface area contributed by atoms with Crippen LogP contribution >= 0.6 is 0 Å². The molecule has 1 heterocycles. The Hall–Kier alpha value is -3.36. The summed E-state index contributed by atoms with van der Waals surface area (Å²) in [4.78, 5) is 24.9. The molecule has 0 bridgehead atoms. The minimum atomic E-state index is -4.54. The molecule has 0 unspecified atom stereocenters. The van der Waals surface area contributed by atoms with Crippen molar-refractivity contribution in [2.75, 3.05) is 14.2 Å². The molecule has 0 amide bonds. The van der Waals surface area contributed by atoms with E-state index in [1.54, 1.807) is 6.92 Å². The molecule has 0 fully saturated rings. The average molecular weight is 423 g/mol. The number of hydrogen-bond donors (Lipinski definition) is 0. The van der Waals surface area contributed by atoms with Crippen LogP contribution in [0, 0.1) is 12.7 Å². The molecule has 2 aromatic carbocycles. The van der Waals surface area contributed by atoms with Crippen molar-refractivity contribution in [2.45, 2.75) is 19.5 Å². The van der Waals surface area contributed by atoms with Crippen molar-refractivity contribution in [1.29, 1.82) is 0 Å². The summed E-state index contributed by atoms with van der Waals surface area (Å²) in [5.41, 5.74) is 0.0112. The molecular formula is C21H17F4NO4. The van der Waals surface area contributed by atoms with E-state index in [2.05, 4.69) is 0 Å². The quantitative estimate of drug-likeness (QED) is 0.457. The number of esters is 1. The lowest BCUT2D eigenvalue weighted by molar-refractivity contribution is -0.140. The summed E-state index contributed by atoms with van der Waals surface area (Å²) in [6.45, 7) is 1.56. The number of ether oxygens (including phenoxy) is 2. The van der Waals surface area contributed by atoms with Gasteiger partial charge in [-0.15, -0.1) is 0 Å². The van der Waals surface area contributed by atoms with Crippen LogP contribution in [-0.4, -0.2) is 30.7 Å². The monoisotopic (exact) mass is 423 g/mol. The van der Waals surface area contributed by atoms with E-state index in [-0.39, 0.29) is 23.3 Å². The molecule has 3 aromatic rings. The van der Waals surface area contributed by atoms with Gasteiger partial charge in [0, 0.05) is 22.7 Å². The third-order valence-corrected chi connectivity index (χ3v) is 4.82. The fraction of sp³-hybridized carbons (Fsp3) is 0.238. The Morgan fingerprint density at radius 3 is 2.23 bits per heavy atom. The van der Waals surface area contributed by atoms with Gasteiger partial charge >= 0.3 is 12.1 Å². The van der Waals surface area contributed by atoms with Gasteiger partial charge in [0.05, 0.1) is 31.7 Å². The predicted molar refractivity (Wildman–Crippen MR) is 100 cm³/mol. The number of aromatic nitrogens is 1. The average Bonchev–Trinajstić information content (AvgIpc) is 2.96. The van der Waals surface area contributed by atoms with Gasteiger partial charge in [0.2, 0.25) is 0 Å². The number of benzene rings is 2. The fourth-order valence-corrected chi connectivity index (χ4v) is 3.27. The molecule has 0 spiro atoms. The van der Waals surface area contributed by atoms with Gasteiger partial charge in [-0.3, -0.25) is 14.2 Å². The van der Waals surface area contributed by atoms with Crippen molar-refractivity contribution in [3.63, 3.8) is 0 Å². The summed E-state index contributed by atoms with van der Waals surface area (Å²) < 4.78 is 63.6. The normalized spacial score (nSPS) is 11.6. The number of nitrogens with zero attached hydrogens (tertiary/aromatic N) is 1. The lowest BCUT2D eigenvalue weighted by atomic mass is 10.1. The van der Waals surface area contributed by atoms with Gasteiger partial charge in [-0.05, 0) is 42.8 Å². The number of halogens is 4. The maximum absolute atomic E-state index is 14.4. The number of fused-ring (bicyclic) bond motifs is 1. The van der Waals surface area contributed by atoms with Gasteiger partial charge in [-0.1, -0.05) is 0 Å². The highest BCUT2D eigenvalue weighted by molar-refractivity contribution is 6.05. The molecule has 0 atom stereocenters. The van der Waals surface area contributed by atoms with Gasteiger partial charge in [-0.2, -0.15) is 13.2 Å². The standard InChI is InChI=1S/C21H17F4NO4/c1-11-14(9-19(27)30-3)15-8-18(29-2)16(22)10-17(15)26(11)20(28)12-4-6-13(7-5-12)21(23,24)25/h4-8,10H,9H2,1-3H3. The third-order valence-electron chi connectivity index (χ3n) is 4.82. The van der Waals surface area contributed by atoms with E-state index in [0.29, 0.717) is 16.6 Å². The number of methoxy groups -OCH3 is 2. The molecule has 0 N–H and O–H groups in total.